The van der Waals surface area contributed by atoms with Gasteiger partial charge in [-0.15, -0.1) is 0 Å². The smallest absolute Gasteiger partial charge is 0.266 e. The first-order chi connectivity index (χ1) is 19.1. The molecular weight excluding hydrogens is 555 g/mol. The molecule has 3 heterocycles. The summed E-state index contributed by atoms with van der Waals surface area (Å²) in [5.41, 5.74) is 2.50. The Morgan fingerprint density at radius 3 is 2.52 bits per heavy atom. The fourth-order valence-electron chi connectivity index (χ4n) is 5.31. The third-order valence-electron chi connectivity index (χ3n) is 7.17. The van der Waals surface area contributed by atoms with Gasteiger partial charge in [0.2, 0.25) is 5.95 Å². The zero-order valence-corrected chi connectivity index (χ0v) is 21.8. The van der Waals surface area contributed by atoms with Crippen molar-refractivity contribution in [3.63, 3.8) is 0 Å². The molecule has 208 valence electrons. The summed E-state index contributed by atoms with van der Waals surface area (Å²) >= 11 is 5.95. The maximum absolute atomic E-state index is 14.2. The van der Waals surface area contributed by atoms with Crippen LogP contribution in [0.5, 0.6) is 5.75 Å². The van der Waals surface area contributed by atoms with Crippen molar-refractivity contribution in [2.75, 3.05) is 30.4 Å². The van der Waals surface area contributed by atoms with Crippen LogP contribution in [0.4, 0.5) is 39.4 Å². The molecule has 1 aliphatic heterocycles. The number of rotatable bonds is 6. The van der Waals surface area contributed by atoms with Gasteiger partial charge in [-0.05, 0) is 42.7 Å². The molecule has 2 aromatic carbocycles. The van der Waals surface area contributed by atoms with Crippen molar-refractivity contribution in [3.8, 4) is 11.4 Å². The van der Waals surface area contributed by atoms with Crippen LogP contribution in [0, 0.1) is 17.5 Å². The first kappa shape index (κ1) is 26.3. The second-order valence-electron chi connectivity index (χ2n) is 9.77. The van der Waals surface area contributed by atoms with Crippen LogP contribution in [-0.4, -0.2) is 45.6 Å². The third kappa shape index (κ3) is 4.80. The van der Waals surface area contributed by atoms with Crippen molar-refractivity contribution in [2.45, 2.75) is 31.1 Å². The van der Waals surface area contributed by atoms with Gasteiger partial charge in [-0.25, -0.2) is 31.9 Å². The molecule has 1 atom stereocenters. The first-order valence-electron chi connectivity index (χ1n) is 12.4. The van der Waals surface area contributed by atoms with Crippen LogP contribution in [0.3, 0.4) is 0 Å². The molecule has 6 rings (SSSR count). The van der Waals surface area contributed by atoms with E-state index in [0.29, 0.717) is 52.2 Å². The quantitative estimate of drug-likeness (QED) is 0.211. The van der Waals surface area contributed by atoms with E-state index >= 15 is 0 Å². The van der Waals surface area contributed by atoms with Crippen LogP contribution in [-0.2, 0) is 6.42 Å². The Kier molecular flexibility index (Phi) is 6.52. The second-order valence-corrected chi connectivity index (χ2v) is 10.2. The van der Waals surface area contributed by atoms with Crippen LogP contribution in [0.15, 0.2) is 42.9 Å². The SMILES string of the molecule is COc1cc(Nc2nc3c(c(N4CCC(F)(F)C4)n2)CC[C@@H]3c2cc(F)c(F)c(F)c2)ccc1-n1cnc(Cl)c1. The average molecular weight is 577 g/mol. The summed E-state index contributed by atoms with van der Waals surface area (Å²) in [6, 6.07) is 7.10. The van der Waals surface area contributed by atoms with Gasteiger partial charge < -0.3 is 19.5 Å². The topological polar surface area (TPSA) is 68.1 Å². The van der Waals surface area contributed by atoms with E-state index in [-0.39, 0.29) is 24.5 Å². The minimum Gasteiger partial charge on any atom is -0.494 e. The monoisotopic (exact) mass is 576 g/mol. The molecule has 7 nitrogen and oxygen atoms in total. The molecule has 0 radical (unpaired) electrons. The largest absolute Gasteiger partial charge is 0.494 e. The van der Waals surface area contributed by atoms with Gasteiger partial charge in [0.1, 0.15) is 23.0 Å². The standard InChI is InChI=1S/C27H22ClF5N6O/c1-40-21-10-15(2-5-20(21)39-11-22(28)34-13-39)35-26-36-24-16(14-8-18(29)23(31)19(30)9-14)3-4-17(24)25(37-26)38-7-6-27(32,33)12-38/h2,5,8-11,13,16H,3-4,6-7,12H2,1H3,(H,35,36,37)/t16-/m1/s1. The summed E-state index contributed by atoms with van der Waals surface area (Å²) < 4.78 is 77.4. The summed E-state index contributed by atoms with van der Waals surface area (Å²) in [6.45, 7) is -0.410. The number of imidazole rings is 1. The molecular formula is C27H22ClF5N6O. The zero-order valence-electron chi connectivity index (χ0n) is 21.1. The fourth-order valence-corrected chi connectivity index (χ4v) is 5.45. The Balaban J connectivity index is 1.40. The van der Waals surface area contributed by atoms with Gasteiger partial charge >= 0.3 is 0 Å². The molecule has 4 aromatic rings. The van der Waals surface area contributed by atoms with E-state index in [0.717, 1.165) is 12.1 Å². The number of nitrogens with one attached hydrogen (secondary N) is 1. The number of hydrogen-bond donors (Lipinski definition) is 1. The van der Waals surface area contributed by atoms with Gasteiger partial charge in [-0.3, -0.25) is 0 Å². The number of hydrogen-bond acceptors (Lipinski definition) is 6. The number of anilines is 3. The highest BCUT2D eigenvalue weighted by Gasteiger charge is 2.41. The summed E-state index contributed by atoms with van der Waals surface area (Å²) in [7, 11) is 1.50. The molecule has 2 aliphatic rings. The number of alkyl halides is 2. The van der Waals surface area contributed by atoms with Gasteiger partial charge in [0.05, 0.1) is 25.0 Å². The molecule has 0 unspecified atom stereocenters. The second kappa shape index (κ2) is 9.92. The number of benzene rings is 2. The molecule has 0 bridgehead atoms. The van der Waals surface area contributed by atoms with Crippen molar-refractivity contribution in [2.24, 2.45) is 0 Å². The summed E-state index contributed by atoms with van der Waals surface area (Å²) in [6.07, 6.45) is 3.66. The number of halogens is 6. The molecule has 0 spiro atoms. The Labute approximate surface area is 230 Å². The highest BCUT2D eigenvalue weighted by molar-refractivity contribution is 6.29. The number of nitrogens with zero attached hydrogens (tertiary/aromatic N) is 5. The van der Waals surface area contributed by atoms with E-state index in [1.807, 2.05) is 0 Å². The number of aromatic nitrogens is 4. The van der Waals surface area contributed by atoms with E-state index in [1.165, 1.54) is 18.3 Å². The van der Waals surface area contributed by atoms with Gasteiger partial charge in [0, 0.05) is 42.4 Å². The molecule has 1 N–H and O–H groups in total. The fraction of sp³-hybridized carbons (Fsp3) is 0.296. The van der Waals surface area contributed by atoms with Crippen LogP contribution in [0.2, 0.25) is 5.15 Å². The third-order valence-corrected chi connectivity index (χ3v) is 7.37. The molecule has 0 saturated carbocycles. The number of fused-ring (bicyclic) bond motifs is 1. The molecule has 2 aromatic heterocycles. The van der Waals surface area contributed by atoms with Crippen LogP contribution < -0.4 is 15.0 Å². The van der Waals surface area contributed by atoms with E-state index in [9.17, 15) is 22.0 Å². The lowest BCUT2D eigenvalue weighted by molar-refractivity contribution is 0.0256. The van der Waals surface area contributed by atoms with Gasteiger partial charge in [0.15, 0.2) is 17.5 Å². The van der Waals surface area contributed by atoms with Crippen molar-refractivity contribution in [1.29, 1.82) is 0 Å². The normalized spacial score (nSPS) is 17.8. The lowest BCUT2D eigenvalue weighted by Gasteiger charge is -2.22. The van der Waals surface area contributed by atoms with Crippen molar-refractivity contribution in [3.05, 3.63) is 82.3 Å². The highest BCUT2D eigenvalue weighted by Crippen LogP contribution is 2.43. The van der Waals surface area contributed by atoms with Crippen LogP contribution in [0.25, 0.3) is 5.69 Å². The lowest BCUT2D eigenvalue weighted by atomic mass is 9.96. The zero-order chi connectivity index (χ0) is 28.2. The molecule has 0 amide bonds. The summed E-state index contributed by atoms with van der Waals surface area (Å²) in [5, 5.41) is 3.42. The highest BCUT2D eigenvalue weighted by atomic mass is 35.5. The average Bonchev–Trinajstić information content (AvgIpc) is 3.64. The molecule has 1 aliphatic carbocycles. The maximum Gasteiger partial charge on any atom is 0.266 e. The van der Waals surface area contributed by atoms with E-state index in [2.05, 4.69) is 20.3 Å². The summed E-state index contributed by atoms with van der Waals surface area (Å²) in [4.78, 5) is 14.8. The van der Waals surface area contributed by atoms with Crippen molar-refractivity contribution < 1.29 is 26.7 Å². The molecule has 13 heteroatoms. The Morgan fingerprint density at radius 2 is 1.88 bits per heavy atom. The Morgan fingerprint density at radius 1 is 1.10 bits per heavy atom. The Hall–Kier alpha value is -3.93. The van der Waals surface area contributed by atoms with E-state index in [1.54, 1.807) is 29.0 Å². The molecule has 1 saturated heterocycles. The number of ether oxygens (including phenoxy) is 1. The minimum atomic E-state index is -2.87. The molecule has 40 heavy (non-hydrogen) atoms. The van der Waals surface area contributed by atoms with Crippen LogP contribution in [0.1, 0.15) is 35.6 Å². The van der Waals surface area contributed by atoms with Crippen molar-refractivity contribution in [1.82, 2.24) is 19.5 Å². The van der Waals surface area contributed by atoms with E-state index < -0.39 is 35.8 Å². The minimum absolute atomic E-state index is 0.0936. The van der Waals surface area contributed by atoms with Gasteiger partial charge in [-0.1, -0.05) is 11.6 Å². The van der Waals surface area contributed by atoms with Gasteiger partial charge in [-0.2, -0.15) is 4.98 Å². The van der Waals surface area contributed by atoms with Crippen molar-refractivity contribution >= 4 is 29.1 Å². The maximum atomic E-state index is 14.2. The Bertz CT molecular complexity index is 1590. The summed E-state index contributed by atoms with van der Waals surface area (Å²) in [5.74, 6) is -6.67. The molecule has 1 fully saturated rings. The lowest BCUT2D eigenvalue weighted by Crippen LogP contribution is -2.27. The predicted molar refractivity (Wildman–Crippen MR) is 139 cm³/mol. The predicted octanol–water partition coefficient (Wildman–Crippen LogP) is 6.41. The van der Waals surface area contributed by atoms with Crippen LogP contribution >= 0.6 is 11.6 Å². The number of methoxy groups -OCH3 is 1. The first-order valence-corrected chi connectivity index (χ1v) is 12.8. The van der Waals surface area contributed by atoms with E-state index in [4.69, 9.17) is 16.3 Å². The van der Waals surface area contributed by atoms with Gasteiger partial charge in [0.25, 0.3) is 5.92 Å².